The molecule has 98 valence electrons. The first-order valence-corrected chi connectivity index (χ1v) is 7.40. The Balaban J connectivity index is 1.74. The second kappa shape index (κ2) is 6.25. The zero-order chi connectivity index (χ0) is 13.0. The molecule has 1 aromatic carbocycles. The van der Waals surface area contributed by atoms with Gasteiger partial charge in [0.2, 0.25) is 5.91 Å². The second-order valence-corrected chi connectivity index (χ2v) is 5.86. The summed E-state index contributed by atoms with van der Waals surface area (Å²) in [5, 5.41) is 6.42. The lowest BCUT2D eigenvalue weighted by atomic mass is 10.1. The maximum absolute atomic E-state index is 11.4. The molecule has 0 radical (unpaired) electrons. The molecule has 0 saturated heterocycles. The van der Waals surface area contributed by atoms with Crippen molar-refractivity contribution in [3.05, 3.63) is 29.8 Å². The smallest absolute Gasteiger partial charge is 0.222 e. The van der Waals surface area contributed by atoms with Crippen molar-refractivity contribution in [2.24, 2.45) is 5.92 Å². The third-order valence-electron chi connectivity index (χ3n) is 3.04. The quantitative estimate of drug-likeness (QED) is 0.801. The Kier molecular flexibility index (Phi) is 4.66. The second-order valence-electron chi connectivity index (χ2n) is 4.80. The highest BCUT2D eigenvalue weighted by Gasteiger charge is 2.21. The van der Waals surface area contributed by atoms with Crippen LogP contribution in [0.1, 0.15) is 25.5 Å². The number of carbonyl (C=O) groups excluding carboxylic acids is 1. The summed E-state index contributed by atoms with van der Waals surface area (Å²) in [5.74, 6) is 1.27. The normalized spacial score (nSPS) is 17.8. The van der Waals surface area contributed by atoms with Gasteiger partial charge in [-0.2, -0.15) is 0 Å². The fourth-order valence-electron chi connectivity index (χ4n) is 1.97. The van der Waals surface area contributed by atoms with Crippen LogP contribution in [-0.2, 0) is 4.79 Å². The summed E-state index contributed by atoms with van der Waals surface area (Å²) in [6.45, 7) is 5.33. The average Bonchev–Trinajstić information content (AvgIpc) is 2.77. The van der Waals surface area contributed by atoms with Gasteiger partial charge in [0.1, 0.15) is 0 Å². The number of rotatable bonds is 5. The molecule has 2 N–H and O–H groups in total. The van der Waals surface area contributed by atoms with Crippen molar-refractivity contribution in [1.82, 2.24) is 10.6 Å². The van der Waals surface area contributed by atoms with Crippen molar-refractivity contribution in [3.8, 4) is 0 Å². The molecule has 0 saturated carbocycles. The SMILES string of the molecule is CC(C)C(=O)NCCNC1CSc2ccccc21. The summed E-state index contributed by atoms with van der Waals surface area (Å²) in [5.41, 5.74) is 1.39. The Labute approximate surface area is 113 Å². The molecule has 0 spiro atoms. The van der Waals surface area contributed by atoms with Gasteiger partial charge in [-0.3, -0.25) is 4.79 Å². The van der Waals surface area contributed by atoms with Crippen molar-refractivity contribution in [2.45, 2.75) is 24.8 Å². The molecule has 18 heavy (non-hydrogen) atoms. The van der Waals surface area contributed by atoms with E-state index in [1.165, 1.54) is 10.5 Å². The average molecular weight is 264 g/mol. The molecule has 2 rings (SSSR count). The highest BCUT2D eigenvalue weighted by Crippen LogP contribution is 2.37. The molecule has 1 atom stereocenters. The van der Waals surface area contributed by atoms with Crippen LogP contribution < -0.4 is 10.6 Å². The lowest BCUT2D eigenvalue weighted by Gasteiger charge is -2.14. The van der Waals surface area contributed by atoms with Crippen LogP contribution >= 0.6 is 11.8 Å². The predicted octanol–water partition coefficient (Wildman–Crippen LogP) is 2.20. The van der Waals surface area contributed by atoms with Crippen molar-refractivity contribution >= 4 is 17.7 Å². The van der Waals surface area contributed by atoms with Crippen molar-refractivity contribution < 1.29 is 4.79 Å². The van der Waals surface area contributed by atoms with Gasteiger partial charge < -0.3 is 10.6 Å². The molecule has 0 bridgehead atoms. The minimum absolute atomic E-state index is 0.0627. The molecule has 1 aliphatic heterocycles. The summed E-state index contributed by atoms with van der Waals surface area (Å²) in [6, 6.07) is 8.93. The monoisotopic (exact) mass is 264 g/mol. The third-order valence-corrected chi connectivity index (χ3v) is 4.22. The van der Waals surface area contributed by atoms with Gasteiger partial charge >= 0.3 is 0 Å². The number of fused-ring (bicyclic) bond motifs is 1. The van der Waals surface area contributed by atoms with Crippen LogP contribution in [-0.4, -0.2) is 24.7 Å². The minimum atomic E-state index is 0.0627. The van der Waals surface area contributed by atoms with Crippen LogP contribution in [0.5, 0.6) is 0 Å². The highest BCUT2D eigenvalue weighted by atomic mass is 32.2. The zero-order valence-corrected chi connectivity index (χ0v) is 11.7. The van der Waals surface area contributed by atoms with E-state index in [1.807, 2.05) is 25.6 Å². The third kappa shape index (κ3) is 3.27. The molecule has 1 heterocycles. The van der Waals surface area contributed by atoms with E-state index < -0.39 is 0 Å². The van der Waals surface area contributed by atoms with E-state index in [2.05, 4.69) is 34.9 Å². The summed E-state index contributed by atoms with van der Waals surface area (Å²) in [7, 11) is 0. The molecular formula is C14H20N2OS. The molecule has 1 unspecified atom stereocenters. The van der Waals surface area contributed by atoms with E-state index in [0.717, 1.165) is 12.3 Å². The molecular weight excluding hydrogens is 244 g/mol. The minimum Gasteiger partial charge on any atom is -0.355 e. The van der Waals surface area contributed by atoms with Gasteiger partial charge in [0, 0.05) is 35.7 Å². The van der Waals surface area contributed by atoms with E-state index in [1.54, 1.807) is 0 Å². The number of nitrogens with one attached hydrogen (secondary N) is 2. The molecule has 0 aromatic heterocycles. The summed E-state index contributed by atoms with van der Waals surface area (Å²) < 4.78 is 0. The number of thioether (sulfide) groups is 1. The standard InChI is InChI=1S/C14H20N2OS/c1-10(2)14(17)16-8-7-15-12-9-18-13-6-4-3-5-11(12)13/h3-6,10,12,15H,7-9H2,1-2H3,(H,16,17). The summed E-state index contributed by atoms with van der Waals surface area (Å²) in [6.07, 6.45) is 0. The Morgan fingerprint density at radius 3 is 2.94 bits per heavy atom. The molecule has 3 nitrogen and oxygen atoms in total. The molecule has 4 heteroatoms. The van der Waals surface area contributed by atoms with Crippen LogP contribution in [0, 0.1) is 5.92 Å². The largest absolute Gasteiger partial charge is 0.355 e. The summed E-state index contributed by atoms with van der Waals surface area (Å²) >= 11 is 1.90. The van der Waals surface area contributed by atoms with E-state index in [9.17, 15) is 4.79 Å². The van der Waals surface area contributed by atoms with E-state index >= 15 is 0 Å². The first-order chi connectivity index (χ1) is 8.68. The molecule has 1 aromatic rings. The number of hydrogen-bond acceptors (Lipinski definition) is 3. The van der Waals surface area contributed by atoms with Gasteiger partial charge in [0.15, 0.2) is 0 Å². The van der Waals surface area contributed by atoms with Gasteiger partial charge in [-0.15, -0.1) is 11.8 Å². The van der Waals surface area contributed by atoms with Crippen molar-refractivity contribution in [3.63, 3.8) is 0 Å². The molecule has 0 fully saturated rings. The Bertz CT molecular complexity index is 420. The topological polar surface area (TPSA) is 41.1 Å². The number of hydrogen-bond donors (Lipinski definition) is 2. The Morgan fingerprint density at radius 2 is 2.17 bits per heavy atom. The maximum Gasteiger partial charge on any atom is 0.222 e. The van der Waals surface area contributed by atoms with Crippen LogP contribution in [0.4, 0.5) is 0 Å². The first-order valence-electron chi connectivity index (χ1n) is 6.41. The van der Waals surface area contributed by atoms with Gasteiger partial charge in [-0.1, -0.05) is 32.0 Å². The Hall–Kier alpha value is -1.00. The zero-order valence-electron chi connectivity index (χ0n) is 10.9. The number of benzene rings is 1. The van der Waals surface area contributed by atoms with Gasteiger partial charge in [0.25, 0.3) is 0 Å². The van der Waals surface area contributed by atoms with E-state index in [4.69, 9.17) is 0 Å². The molecule has 1 aliphatic rings. The molecule has 1 amide bonds. The molecule has 0 aliphatic carbocycles. The number of amides is 1. The Morgan fingerprint density at radius 1 is 1.39 bits per heavy atom. The van der Waals surface area contributed by atoms with Gasteiger partial charge in [-0.25, -0.2) is 0 Å². The fourth-order valence-corrected chi connectivity index (χ4v) is 3.16. The van der Waals surface area contributed by atoms with Crippen LogP contribution in [0.3, 0.4) is 0 Å². The lowest BCUT2D eigenvalue weighted by molar-refractivity contribution is -0.123. The lowest BCUT2D eigenvalue weighted by Crippen LogP contribution is -2.35. The van der Waals surface area contributed by atoms with Crippen LogP contribution in [0.15, 0.2) is 29.2 Å². The number of carbonyl (C=O) groups is 1. The van der Waals surface area contributed by atoms with Crippen LogP contribution in [0.2, 0.25) is 0 Å². The van der Waals surface area contributed by atoms with Gasteiger partial charge in [0.05, 0.1) is 0 Å². The van der Waals surface area contributed by atoms with Gasteiger partial charge in [-0.05, 0) is 11.6 Å². The summed E-state index contributed by atoms with van der Waals surface area (Å²) in [4.78, 5) is 12.8. The fraction of sp³-hybridized carbons (Fsp3) is 0.500. The van der Waals surface area contributed by atoms with Crippen LogP contribution in [0.25, 0.3) is 0 Å². The van der Waals surface area contributed by atoms with Crippen molar-refractivity contribution in [2.75, 3.05) is 18.8 Å². The van der Waals surface area contributed by atoms with Crippen molar-refractivity contribution in [1.29, 1.82) is 0 Å². The highest BCUT2D eigenvalue weighted by molar-refractivity contribution is 7.99. The van der Waals surface area contributed by atoms with E-state index in [0.29, 0.717) is 12.6 Å². The maximum atomic E-state index is 11.4. The first kappa shape index (κ1) is 13.4. The van der Waals surface area contributed by atoms with E-state index in [-0.39, 0.29) is 11.8 Å². The predicted molar refractivity (Wildman–Crippen MR) is 75.8 cm³/mol.